The van der Waals surface area contributed by atoms with Crippen molar-refractivity contribution in [3.8, 4) is 0 Å². The van der Waals surface area contributed by atoms with Gasteiger partial charge in [0.1, 0.15) is 0 Å². The molecule has 1 heterocycles. The molecule has 0 aromatic heterocycles. The number of thioether (sulfide) groups is 1. The van der Waals surface area contributed by atoms with E-state index in [-0.39, 0.29) is 0 Å². The van der Waals surface area contributed by atoms with E-state index in [1.54, 1.807) is 0 Å². The first-order valence-corrected chi connectivity index (χ1v) is 9.42. The summed E-state index contributed by atoms with van der Waals surface area (Å²) < 4.78 is 5.86. The molecule has 20 heavy (non-hydrogen) atoms. The molecule has 2 saturated carbocycles. The van der Waals surface area contributed by atoms with Gasteiger partial charge in [-0.3, -0.25) is 4.79 Å². The average Bonchev–Trinajstić information content (AvgIpc) is 2.53. The largest absolute Gasteiger partial charge is 0.374 e. The van der Waals surface area contributed by atoms with E-state index in [0.717, 1.165) is 31.2 Å². The molecule has 0 aromatic carbocycles. The molecule has 0 radical (unpaired) electrons. The van der Waals surface area contributed by atoms with Crippen LogP contribution in [0.3, 0.4) is 0 Å². The Morgan fingerprint density at radius 3 is 2.65 bits per heavy atom. The van der Waals surface area contributed by atoms with Gasteiger partial charge in [-0.1, -0.05) is 32.1 Å². The lowest BCUT2D eigenvalue weighted by molar-refractivity contribution is -0.146. The number of morpholine rings is 1. The van der Waals surface area contributed by atoms with Crippen LogP contribution in [0.25, 0.3) is 0 Å². The zero-order valence-corrected chi connectivity index (χ0v) is 13.2. The van der Waals surface area contributed by atoms with E-state index >= 15 is 0 Å². The van der Waals surface area contributed by atoms with Crippen LogP contribution in [0.4, 0.5) is 0 Å². The van der Waals surface area contributed by atoms with E-state index in [9.17, 15) is 4.79 Å². The molecule has 3 fully saturated rings. The van der Waals surface area contributed by atoms with Gasteiger partial charge in [0, 0.05) is 11.8 Å². The summed E-state index contributed by atoms with van der Waals surface area (Å²) in [6, 6.07) is 0.372. The minimum absolute atomic E-state index is 0.320. The van der Waals surface area contributed by atoms with Crippen molar-refractivity contribution in [2.24, 2.45) is 0 Å². The third-order valence-corrected chi connectivity index (χ3v) is 6.40. The molecule has 3 aliphatic rings. The molecule has 1 saturated heterocycles. The van der Waals surface area contributed by atoms with Crippen LogP contribution in [-0.4, -0.2) is 47.1 Å². The lowest BCUT2D eigenvalue weighted by Gasteiger charge is -2.44. The van der Waals surface area contributed by atoms with Gasteiger partial charge in [0.25, 0.3) is 0 Å². The van der Waals surface area contributed by atoms with E-state index in [2.05, 4.69) is 4.90 Å². The van der Waals surface area contributed by atoms with Crippen molar-refractivity contribution in [2.75, 3.05) is 18.9 Å². The highest BCUT2D eigenvalue weighted by atomic mass is 32.2. The fraction of sp³-hybridized carbons (Fsp3) is 0.938. The normalized spacial score (nSPS) is 31.9. The van der Waals surface area contributed by atoms with Crippen molar-refractivity contribution in [1.82, 2.24) is 4.90 Å². The number of amides is 1. The second-order valence-corrected chi connectivity index (χ2v) is 7.71. The summed E-state index contributed by atoms with van der Waals surface area (Å²) in [6.07, 6.45) is 11.8. The lowest BCUT2D eigenvalue weighted by atomic mass is 9.90. The average molecular weight is 297 g/mol. The Kier molecular flexibility index (Phi) is 5.27. The van der Waals surface area contributed by atoms with Crippen LogP contribution in [0, 0.1) is 0 Å². The molecule has 2 atom stereocenters. The minimum atomic E-state index is 0.320. The Labute approximate surface area is 126 Å². The predicted octanol–water partition coefficient (Wildman–Crippen LogP) is 3.22. The summed E-state index contributed by atoms with van der Waals surface area (Å²) in [5.74, 6) is 1.05. The van der Waals surface area contributed by atoms with Crippen LogP contribution in [0.5, 0.6) is 0 Å². The van der Waals surface area contributed by atoms with Gasteiger partial charge < -0.3 is 9.64 Å². The highest BCUT2D eigenvalue weighted by molar-refractivity contribution is 8.00. The van der Waals surface area contributed by atoms with E-state index < -0.39 is 0 Å². The number of rotatable bonds is 3. The number of hydrogen-bond donors (Lipinski definition) is 0. The van der Waals surface area contributed by atoms with E-state index in [1.807, 2.05) is 11.8 Å². The van der Waals surface area contributed by atoms with Crippen LogP contribution in [0.2, 0.25) is 0 Å². The Bertz CT molecular complexity index is 328. The number of ether oxygens (including phenoxy) is 1. The number of hydrogen-bond acceptors (Lipinski definition) is 3. The second-order valence-electron chi connectivity index (χ2n) is 6.42. The molecule has 3 nitrogen and oxygen atoms in total. The molecule has 3 rings (SSSR count). The predicted molar refractivity (Wildman–Crippen MR) is 83.0 cm³/mol. The van der Waals surface area contributed by atoms with E-state index in [1.165, 1.54) is 44.9 Å². The first kappa shape index (κ1) is 14.7. The second kappa shape index (κ2) is 7.17. The molecule has 1 aliphatic heterocycles. The van der Waals surface area contributed by atoms with Gasteiger partial charge >= 0.3 is 0 Å². The van der Waals surface area contributed by atoms with Crippen molar-refractivity contribution in [2.45, 2.75) is 75.2 Å². The molecular formula is C16H27NO2S. The summed E-state index contributed by atoms with van der Waals surface area (Å²) in [5, 5.41) is 0.732. The van der Waals surface area contributed by atoms with Gasteiger partial charge in [0.15, 0.2) is 0 Å². The van der Waals surface area contributed by atoms with Crippen molar-refractivity contribution in [3.05, 3.63) is 0 Å². The van der Waals surface area contributed by atoms with Gasteiger partial charge in [-0.05, 0) is 25.7 Å². The summed E-state index contributed by atoms with van der Waals surface area (Å²) >= 11 is 1.91. The van der Waals surface area contributed by atoms with Crippen molar-refractivity contribution in [1.29, 1.82) is 0 Å². The van der Waals surface area contributed by atoms with Crippen molar-refractivity contribution < 1.29 is 9.53 Å². The zero-order chi connectivity index (χ0) is 13.8. The number of carbonyl (C=O) groups excluding carboxylic acids is 1. The molecule has 0 N–H and O–H groups in total. The Hall–Kier alpha value is -0.220. The van der Waals surface area contributed by atoms with Crippen LogP contribution in [0.15, 0.2) is 0 Å². The smallest absolute Gasteiger partial charge is 0.232 e. The standard InChI is InChI=1S/C16H27NO2S/c18-16(12-20-13-6-2-1-3-7-13)17-10-11-19-15-9-5-4-8-14(15)17/h13-15H,1-12H2. The molecule has 114 valence electrons. The summed E-state index contributed by atoms with van der Waals surface area (Å²) in [4.78, 5) is 14.7. The number of fused-ring (bicyclic) bond motifs is 1. The minimum Gasteiger partial charge on any atom is -0.374 e. The SMILES string of the molecule is O=C(CSC1CCCCC1)N1CCOC2CCCCC21. The van der Waals surface area contributed by atoms with E-state index in [4.69, 9.17) is 4.74 Å². The number of nitrogens with zero attached hydrogens (tertiary/aromatic N) is 1. The maximum absolute atomic E-state index is 12.5. The molecule has 0 aromatic rings. The first-order chi connectivity index (χ1) is 9.84. The van der Waals surface area contributed by atoms with Crippen molar-refractivity contribution in [3.63, 3.8) is 0 Å². The van der Waals surface area contributed by atoms with Crippen LogP contribution in [0.1, 0.15) is 57.8 Å². The highest BCUT2D eigenvalue weighted by Crippen LogP contribution is 2.31. The van der Waals surface area contributed by atoms with E-state index in [0.29, 0.717) is 23.8 Å². The Morgan fingerprint density at radius 2 is 1.80 bits per heavy atom. The molecule has 4 heteroatoms. The molecular weight excluding hydrogens is 270 g/mol. The lowest BCUT2D eigenvalue weighted by Crippen LogP contribution is -2.55. The maximum Gasteiger partial charge on any atom is 0.232 e. The third kappa shape index (κ3) is 3.51. The van der Waals surface area contributed by atoms with Crippen molar-refractivity contribution >= 4 is 17.7 Å². The Balaban J connectivity index is 1.50. The summed E-state index contributed by atoms with van der Waals surface area (Å²) in [7, 11) is 0. The van der Waals surface area contributed by atoms with Gasteiger partial charge in [-0.2, -0.15) is 0 Å². The fourth-order valence-corrected chi connectivity index (χ4v) is 5.12. The van der Waals surface area contributed by atoms with Crippen LogP contribution < -0.4 is 0 Å². The monoisotopic (exact) mass is 297 g/mol. The van der Waals surface area contributed by atoms with Gasteiger partial charge in [-0.25, -0.2) is 0 Å². The fourth-order valence-electron chi connectivity index (χ4n) is 3.91. The third-order valence-electron chi connectivity index (χ3n) is 5.05. The first-order valence-electron chi connectivity index (χ1n) is 8.37. The topological polar surface area (TPSA) is 29.5 Å². The molecule has 0 spiro atoms. The van der Waals surface area contributed by atoms with Gasteiger partial charge in [-0.15, -0.1) is 11.8 Å². The molecule has 2 aliphatic carbocycles. The zero-order valence-electron chi connectivity index (χ0n) is 12.4. The molecule has 0 bridgehead atoms. The molecule has 1 amide bonds. The molecule has 2 unspecified atom stereocenters. The number of carbonyl (C=O) groups is 1. The van der Waals surface area contributed by atoms with Gasteiger partial charge in [0.05, 0.1) is 24.5 Å². The van der Waals surface area contributed by atoms with Crippen LogP contribution in [-0.2, 0) is 9.53 Å². The summed E-state index contributed by atoms with van der Waals surface area (Å²) in [5.41, 5.74) is 0. The highest BCUT2D eigenvalue weighted by Gasteiger charge is 2.36. The Morgan fingerprint density at radius 1 is 1.05 bits per heavy atom. The quantitative estimate of drug-likeness (QED) is 0.801. The van der Waals surface area contributed by atoms with Gasteiger partial charge in [0.2, 0.25) is 5.91 Å². The summed E-state index contributed by atoms with van der Waals surface area (Å²) in [6.45, 7) is 1.55. The van der Waals surface area contributed by atoms with Crippen LogP contribution >= 0.6 is 11.8 Å². The maximum atomic E-state index is 12.5.